The first kappa shape index (κ1) is 7.06. The molecule has 2 heterocycles. The smallest absolute Gasteiger partial charge is 0.225 e. The average Bonchev–Trinajstić information content (AvgIpc) is 2.07. The van der Waals surface area contributed by atoms with E-state index in [-0.39, 0.29) is 18.4 Å². The van der Waals surface area contributed by atoms with Crippen molar-refractivity contribution in [1.82, 2.24) is 4.90 Å². The van der Waals surface area contributed by atoms with Gasteiger partial charge in [0.05, 0.1) is 31.8 Å². The Morgan fingerprint density at radius 1 is 1.55 bits per heavy atom. The minimum absolute atomic E-state index is 0.0609. The summed E-state index contributed by atoms with van der Waals surface area (Å²) in [5.41, 5.74) is 0. The highest BCUT2D eigenvalue weighted by Crippen LogP contribution is 2.18. The van der Waals surface area contributed by atoms with Crippen molar-refractivity contribution in [1.29, 1.82) is 0 Å². The van der Waals surface area contributed by atoms with Crippen molar-refractivity contribution in [3.8, 4) is 0 Å². The lowest BCUT2D eigenvalue weighted by Crippen LogP contribution is -2.49. The Morgan fingerprint density at radius 2 is 2.27 bits per heavy atom. The quantitative estimate of drug-likeness (QED) is 0.530. The fraction of sp³-hybridized carbons (Fsp3) is 0.857. The summed E-state index contributed by atoms with van der Waals surface area (Å²) in [5, 5.41) is 9.14. The standard InChI is InChI=1S/C7H11NO3/c9-6-1-7(10)8(2-6)5-3-11-4-5/h5-6,9H,1-4H2. The van der Waals surface area contributed by atoms with Gasteiger partial charge in [0.2, 0.25) is 5.91 Å². The molecule has 0 saturated carbocycles. The molecule has 2 aliphatic heterocycles. The van der Waals surface area contributed by atoms with Gasteiger partial charge < -0.3 is 14.7 Å². The van der Waals surface area contributed by atoms with E-state index >= 15 is 0 Å². The van der Waals surface area contributed by atoms with Gasteiger partial charge in [-0.1, -0.05) is 0 Å². The van der Waals surface area contributed by atoms with Crippen LogP contribution in [0.5, 0.6) is 0 Å². The third-order valence-electron chi connectivity index (χ3n) is 2.20. The highest BCUT2D eigenvalue weighted by atomic mass is 16.5. The van der Waals surface area contributed by atoms with Crippen molar-refractivity contribution >= 4 is 5.91 Å². The van der Waals surface area contributed by atoms with Crippen LogP contribution in [0.2, 0.25) is 0 Å². The molecule has 11 heavy (non-hydrogen) atoms. The predicted octanol–water partition coefficient (Wildman–Crippen LogP) is -1.02. The van der Waals surface area contributed by atoms with Crippen LogP contribution in [-0.2, 0) is 9.53 Å². The molecule has 1 atom stereocenters. The number of amides is 1. The number of carbonyl (C=O) groups is 1. The second-order valence-electron chi connectivity index (χ2n) is 3.10. The van der Waals surface area contributed by atoms with Crippen LogP contribution in [0.1, 0.15) is 6.42 Å². The SMILES string of the molecule is O=C1CC(O)CN1C1COC1. The molecule has 2 rings (SSSR count). The molecule has 2 aliphatic rings. The zero-order valence-corrected chi connectivity index (χ0v) is 6.19. The number of hydrogen-bond acceptors (Lipinski definition) is 3. The Hall–Kier alpha value is -0.610. The fourth-order valence-electron chi connectivity index (χ4n) is 1.47. The van der Waals surface area contributed by atoms with Gasteiger partial charge in [0, 0.05) is 6.54 Å². The van der Waals surface area contributed by atoms with Crippen LogP contribution < -0.4 is 0 Å². The molecule has 62 valence electrons. The second kappa shape index (κ2) is 2.46. The summed E-state index contributed by atoms with van der Waals surface area (Å²) >= 11 is 0. The third-order valence-corrected chi connectivity index (χ3v) is 2.20. The summed E-state index contributed by atoms with van der Waals surface area (Å²) in [6.45, 7) is 1.77. The molecule has 2 fully saturated rings. The number of carbonyl (C=O) groups excluding carboxylic acids is 1. The van der Waals surface area contributed by atoms with Gasteiger partial charge in [-0.3, -0.25) is 4.79 Å². The van der Waals surface area contributed by atoms with E-state index in [0.717, 1.165) is 0 Å². The van der Waals surface area contributed by atoms with Crippen LogP contribution in [0, 0.1) is 0 Å². The topological polar surface area (TPSA) is 49.8 Å². The minimum atomic E-state index is -0.455. The molecule has 2 saturated heterocycles. The lowest BCUT2D eigenvalue weighted by atomic mass is 10.2. The Morgan fingerprint density at radius 3 is 2.64 bits per heavy atom. The van der Waals surface area contributed by atoms with Crippen LogP contribution >= 0.6 is 0 Å². The van der Waals surface area contributed by atoms with E-state index < -0.39 is 6.10 Å². The number of rotatable bonds is 1. The van der Waals surface area contributed by atoms with E-state index in [9.17, 15) is 4.79 Å². The van der Waals surface area contributed by atoms with Crippen LogP contribution in [0.3, 0.4) is 0 Å². The minimum Gasteiger partial charge on any atom is -0.391 e. The molecule has 0 bridgehead atoms. The fourth-order valence-corrected chi connectivity index (χ4v) is 1.47. The van der Waals surface area contributed by atoms with Gasteiger partial charge in [-0.15, -0.1) is 0 Å². The van der Waals surface area contributed by atoms with E-state index in [1.54, 1.807) is 4.90 Å². The first-order chi connectivity index (χ1) is 5.27. The summed E-state index contributed by atoms with van der Waals surface area (Å²) < 4.78 is 4.96. The molecule has 0 spiro atoms. The van der Waals surface area contributed by atoms with Crippen molar-refractivity contribution in [2.24, 2.45) is 0 Å². The molecular weight excluding hydrogens is 146 g/mol. The van der Waals surface area contributed by atoms with E-state index in [1.807, 2.05) is 0 Å². The van der Waals surface area contributed by atoms with Crippen molar-refractivity contribution in [3.05, 3.63) is 0 Å². The lowest BCUT2D eigenvalue weighted by Gasteiger charge is -2.34. The van der Waals surface area contributed by atoms with Crippen molar-refractivity contribution in [2.45, 2.75) is 18.6 Å². The molecule has 0 radical (unpaired) electrons. The lowest BCUT2D eigenvalue weighted by molar-refractivity contribution is -0.139. The number of nitrogens with zero attached hydrogens (tertiary/aromatic N) is 1. The van der Waals surface area contributed by atoms with Gasteiger partial charge >= 0.3 is 0 Å². The molecule has 4 heteroatoms. The zero-order chi connectivity index (χ0) is 7.84. The van der Waals surface area contributed by atoms with Gasteiger partial charge in [-0.25, -0.2) is 0 Å². The molecule has 0 aromatic heterocycles. The monoisotopic (exact) mass is 157 g/mol. The van der Waals surface area contributed by atoms with Crippen molar-refractivity contribution in [3.63, 3.8) is 0 Å². The summed E-state index contributed by atoms with van der Waals surface area (Å²) in [6, 6.07) is 0.236. The van der Waals surface area contributed by atoms with E-state index in [1.165, 1.54) is 0 Å². The van der Waals surface area contributed by atoms with Gasteiger partial charge in [0.25, 0.3) is 0 Å². The molecule has 1 amide bonds. The Kier molecular flexibility index (Phi) is 1.58. The molecule has 1 N–H and O–H groups in total. The number of aliphatic hydroxyl groups excluding tert-OH is 1. The largest absolute Gasteiger partial charge is 0.391 e. The molecular formula is C7H11NO3. The van der Waals surface area contributed by atoms with Crippen LogP contribution in [-0.4, -0.2) is 47.8 Å². The van der Waals surface area contributed by atoms with Gasteiger partial charge in [0.1, 0.15) is 0 Å². The highest BCUT2D eigenvalue weighted by Gasteiger charge is 2.36. The van der Waals surface area contributed by atoms with Gasteiger partial charge in [0.15, 0.2) is 0 Å². The normalized spacial score (nSPS) is 32.6. The van der Waals surface area contributed by atoms with Crippen LogP contribution in [0.25, 0.3) is 0 Å². The van der Waals surface area contributed by atoms with Gasteiger partial charge in [-0.05, 0) is 0 Å². The Bertz CT molecular complexity index is 179. The maximum Gasteiger partial charge on any atom is 0.225 e. The Balaban J connectivity index is 1.97. The first-order valence-corrected chi connectivity index (χ1v) is 3.82. The predicted molar refractivity (Wildman–Crippen MR) is 36.9 cm³/mol. The zero-order valence-electron chi connectivity index (χ0n) is 6.19. The van der Waals surface area contributed by atoms with Crippen LogP contribution in [0.4, 0.5) is 0 Å². The van der Waals surface area contributed by atoms with Crippen molar-refractivity contribution < 1.29 is 14.6 Å². The third kappa shape index (κ3) is 1.12. The maximum absolute atomic E-state index is 11.1. The maximum atomic E-state index is 11.1. The molecule has 0 aliphatic carbocycles. The molecule has 4 nitrogen and oxygen atoms in total. The summed E-state index contributed by atoms with van der Waals surface area (Å²) in [5.74, 6) is 0.0609. The number of aliphatic hydroxyl groups is 1. The van der Waals surface area contributed by atoms with E-state index in [0.29, 0.717) is 19.8 Å². The van der Waals surface area contributed by atoms with Gasteiger partial charge in [-0.2, -0.15) is 0 Å². The number of hydrogen-bond donors (Lipinski definition) is 1. The molecule has 0 aromatic rings. The number of β-amino-alcohol motifs (C(OH)–C–C–N with tert-alkyl or cyclic N) is 1. The highest BCUT2D eigenvalue weighted by molar-refractivity contribution is 5.79. The summed E-state index contributed by atoms with van der Waals surface area (Å²) in [6.07, 6.45) is -0.167. The second-order valence-corrected chi connectivity index (χ2v) is 3.10. The van der Waals surface area contributed by atoms with Crippen LogP contribution in [0.15, 0.2) is 0 Å². The van der Waals surface area contributed by atoms with Crippen molar-refractivity contribution in [2.75, 3.05) is 19.8 Å². The first-order valence-electron chi connectivity index (χ1n) is 3.82. The molecule has 0 aromatic carbocycles. The number of likely N-dealkylation sites (tertiary alicyclic amines) is 1. The van der Waals surface area contributed by atoms with E-state index in [2.05, 4.69) is 0 Å². The Labute approximate surface area is 64.7 Å². The van der Waals surface area contributed by atoms with E-state index in [4.69, 9.17) is 9.84 Å². The summed E-state index contributed by atoms with van der Waals surface area (Å²) in [7, 11) is 0. The number of ether oxygens (including phenoxy) is 1. The summed E-state index contributed by atoms with van der Waals surface area (Å²) in [4.78, 5) is 12.8. The molecule has 1 unspecified atom stereocenters. The average molecular weight is 157 g/mol.